The lowest BCUT2D eigenvalue weighted by molar-refractivity contribution is 0.0428. The van der Waals surface area contributed by atoms with Crippen molar-refractivity contribution >= 4 is 5.97 Å². The Labute approximate surface area is 158 Å². The van der Waals surface area contributed by atoms with Gasteiger partial charge in [0.2, 0.25) is 5.82 Å². The highest BCUT2D eigenvalue weighted by molar-refractivity contribution is 5.92. The number of hydrogen-bond acceptors (Lipinski definition) is 6. The molecule has 27 heavy (non-hydrogen) atoms. The molecule has 3 rings (SSSR count). The van der Waals surface area contributed by atoms with Crippen LogP contribution in [-0.4, -0.2) is 22.7 Å². The van der Waals surface area contributed by atoms with Crippen LogP contribution in [0.3, 0.4) is 0 Å². The van der Waals surface area contributed by atoms with Crippen LogP contribution in [0.25, 0.3) is 11.4 Å². The molecule has 6 heteroatoms. The van der Waals surface area contributed by atoms with Crippen molar-refractivity contribution in [1.29, 1.82) is 0 Å². The van der Waals surface area contributed by atoms with Gasteiger partial charge in [0.05, 0.1) is 17.7 Å². The van der Waals surface area contributed by atoms with Crippen LogP contribution in [0.2, 0.25) is 0 Å². The fourth-order valence-electron chi connectivity index (χ4n) is 3.06. The Morgan fingerprint density at radius 2 is 1.81 bits per heavy atom. The molecule has 0 bridgehead atoms. The molecule has 0 spiro atoms. The minimum atomic E-state index is -0.403. The number of carbonyl (C=O) groups excluding carboxylic acids is 1. The lowest BCUT2D eigenvalue weighted by Crippen LogP contribution is -2.09. The molecule has 0 unspecified atom stereocenters. The molecule has 0 radical (unpaired) electrons. The second kappa shape index (κ2) is 8.03. The first-order valence-corrected chi connectivity index (χ1v) is 8.79. The van der Waals surface area contributed by atoms with Gasteiger partial charge in [-0.3, -0.25) is 0 Å². The quantitative estimate of drug-likeness (QED) is 0.601. The second-order valence-corrected chi connectivity index (χ2v) is 6.29. The summed E-state index contributed by atoms with van der Waals surface area (Å²) in [4.78, 5) is 16.8. The van der Waals surface area contributed by atoms with E-state index in [9.17, 15) is 4.79 Å². The summed E-state index contributed by atoms with van der Waals surface area (Å²) in [5, 5.41) is 3.97. The summed E-state index contributed by atoms with van der Waals surface area (Å²) >= 11 is 0. The zero-order valence-electron chi connectivity index (χ0n) is 15.9. The first-order chi connectivity index (χ1) is 13.0. The Balaban J connectivity index is 1.73. The van der Waals surface area contributed by atoms with E-state index >= 15 is 0 Å². The van der Waals surface area contributed by atoms with Crippen LogP contribution >= 0.6 is 0 Å². The molecule has 0 aliphatic carbocycles. The highest BCUT2D eigenvalue weighted by atomic mass is 16.6. The highest BCUT2D eigenvalue weighted by Gasteiger charge is 2.17. The van der Waals surface area contributed by atoms with E-state index in [0.29, 0.717) is 23.7 Å². The lowest BCUT2D eigenvalue weighted by Gasteiger charge is -2.10. The van der Waals surface area contributed by atoms with Gasteiger partial charge < -0.3 is 14.0 Å². The first kappa shape index (κ1) is 18.6. The first-order valence-electron chi connectivity index (χ1n) is 8.79. The Bertz CT molecular complexity index is 939. The van der Waals surface area contributed by atoms with Crippen molar-refractivity contribution in [3.63, 3.8) is 0 Å². The van der Waals surface area contributed by atoms with Crippen molar-refractivity contribution in [3.8, 4) is 17.1 Å². The topological polar surface area (TPSA) is 74.5 Å². The summed E-state index contributed by atoms with van der Waals surface area (Å²) < 4.78 is 16.2. The number of benzene rings is 2. The minimum absolute atomic E-state index is 0.0879. The molecule has 0 amide bonds. The number of nitrogens with zero attached hydrogens (tertiary/aromatic N) is 2. The molecule has 0 aliphatic rings. The molecule has 0 aliphatic heterocycles. The fourth-order valence-corrected chi connectivity index (χ4v) is 3.06. The average Bonchev–Trinajstić information content (AvgIpc) is 3.08. The molecule has 140 valence electrons. The lowest BCUT2D eigenvalue weighted by atomic mass is 10.00. The van der Waals surface area contributed by atoms with Gasteiger partial charge in [0.25, 0.3) is 5.89 Å². The number of para-hydroxylation sites is 1. The van der Waals surface area contributed by atoms with E-state index < -0.39 is 5.97 Å². The molecule has 0 fully saturated rings. The third kappa shape index (κ3) is 4.16. The average molecular weight is 366 g/mol. The van der Waals surface area contributed by atoms with Crippen LogP contribution < -0.4 is 4.74 Å². The Hall–Kier alpha value is -3.15. The van der Waals surface area contributed by atoms with Crippen LogP contribution in [0.5, 0.6) is 5.75 Å². The molecule has 0 N–H and O–H groups in total. The van der Waals surface area contributed by atoms with E-state index in [2.05, 4.69) is 10.1 Å². The van der Waals surface area contributed by atoms with E-state index in [-0.39, 0.29) is 12.5 Å². The van der Waals surface area contributed by atoms with E-state index in [1.807, 2.05) is 64.1 Å². The van der Waals surface area contributed by atoms with Crippen LogP contribution in [0.15, 0.2) is 40.9 Å². The van der Waals surface area contributed by atoms with Crippen molar-refractivity contribution in [2.75, 3.05) is 6.61 Å². The summed E-state index contributed by atoms with van der Waals surface area (Å²) in [6, 6.07) is 11.4. The number of aryl methyl sites for hydroxylation is 3. The summed E-state index contributed by atoms with van der Waals surface area (Å²) in [6.45, 7) is 8.14. The molecule has 0 saturated heterocycles. The Kier molecular flexibility index (Phi) is 5.54. The number of hydrogen-bond donors (Lipinski definition) is 0. The Morgan fingerprint density at radius 1 is 1.11 bits per heavy atom. The normalized spacial score (nSPS) is 10.7. The third-order valence-corrected chi connectivity index (χ3v) is 4.10. The highest BCUT2D eigenvalue weighted by Crippen LogP contribution is 2.27. The van der Waals surface area contributed by atoms with Crippen molar-refractivity contribution in [3.05, 3.63) is 64.5 Å². The number of aromatic nitrogens is 2. The van der Waals surface area contributed by atoms with Gasteiger partial charge in [0, 0.05) is 0 Å². The maximum atomic E-state index is 12.5. The monoisotopic (exact) mass is 366 g/mol. The second-order valence-electron chi connectivity index (χ2n) is 6.29. The van der Waals surface area contributed by atoms with Gasteiger partial charge in [-0.25, -0.2) is 4.79 Å². The molecule has 0 atom stereocenters. The van der Waals surface area contributed by atoms with Gasteiger partial charge in [0.15, 0.2) is 6.61 Å². The van der Waals surface area contributed by atoms with Gasteiger partial charge in [-0.05, 0) is 51.0 Å². The third-order valence-electron chi connectivity index (χ3n) is 4.10. The fraction of sp³-hybridized carbons (Fsp3) is 0.286. The molecular weight excluding hydrogens is 344 g/mol. The Morgan fingerprint density at radius 3 is 2.52 bits per heavy atom. The molecule has 1 heterocycles. The molecule has 0 saturated carbocycles. The SMILES string of the molecule is CCOc1ccccc1-c1noc(COC(=O)c2c(C)cc(C)cc2C)n1. The van der Waals surface area contributed by atoms with Crippen LogP contribution in [0.1, 0.15) is 39.9 Å². The molecule has 3 aromatic rings. The molecular formula is C21H22N2O4. The smallest absolute Gasteiger partial charge is 0.339 e. The van der Waals surface area contributed by atoms with Crippen molar-refractivity contribution in [2.45, 2.75) is 34.3 Å². The largest absolute Gasteiger partial charge is 0.493 e. The molecule has 2 aromatic carbocycles. The van der Waals surface area contributed by atoms with Gasteiger partial charge in [-0.1, -0.05) is 35.0 Å². The standard InChI is InChI=1S/C21H22N2O4/c1-5-25-17-9-7-6-8-16(17)20-22-18(27-23-20)12-26-21(24)19-14(3)10-13(2)11-15(19)4/h6-11H,5,12H2,1-4H3. The number of ether oxygens (including phenoxy) is 2. The van der Waals surface area contributed by atoms with Crippen molar-refractivity contribution in [2.24, 2.45) is 0 Å². The number of esters is 1. The summed E-state index contributed by atoms with van der Waals surface area (Å²) in [7, 11) is 0. The van der Waals surface area contributed by atoms with Crippen LogP contribution in [-0.2, 0) is 11.3 Å². The minimum Gasteiger partial charge on any atom is -0.493 e. The summed E-state index contributed by atoms with van der Waals surface area (Å²) in [5.74, 6) is 0.898. The van der Waals surface area contributed by atoms with Crippen molar-refractivity contribution in [1.82, 2.24) is 10.1 Å². The van der Waals surface area contributed by atoms with Crippen molar-refractivity contribution < 1.29 is 18.8 Å². The van der Waals surface area contributed by atoms with Crippen LogP contribution in [0, 0.1) is 20.8 Å². The predicted molar refractivity (Wildman–Crippen MR) is 101 cm³/mol. The number of rotatable bonds is 6. The molecule has 6 nitrogen and oxygen atoms in total. The van der Waals surface area contributed by atoms with Gasteiger partial charge in [0.1, 0.15) is 5.75 Å². The maximum absolute atomic E-state index is 12.5. The zero-order chi connectivity index (χ0) is 19.4. The maximum Gasteiger partial charge on any atom is 0.339 e. The van der Waals surface area contributed by atoms with E-state index in [4.69, 9.17) is 14.0 Å². The summed E-state index contributed by atoms with van der Waals surface area (Å²) in [5.41, 5.74) is 4.17. The van der Waals surface area contributed by atoms with E-state index in [1.54, 1.807) is 0 Å². The predicted octanol–water partition coefficient (Wildman–Crippen LogP) is 4.42. The van der Waals surface area contributed by atoms with E-state index in [1.165, 1.54) is 0 Å². The molecule has 1 aromatic heterocycles. The van der Waals surface area contributed by atoms with Gasteiger partial charge in [-0.15, -0.1) is 0 Å². The van der Waals surface area contributed by atoms with E-state index in [0.717, 1.165) is 22.3 Å². The summed E-state index contributed by atoms with van der Waals surface area (Å²) in [6.07, 6.45) is 0. The van der Waals surface area contributed by atoms with Crippen LogP contribution in [0.4, 0.5) is 0 Å². The van der Waals surface area contributed by atoms with Gasteiger partial charge in [-0.2, -0.15) is 4.98 Å². The van der Waals surface area contributed by atoms with Gasteiger partial charge >= 0.3 is 5.97 Å². The zero-order valence-corrected chi connectivity index (χ0v) is 15.9. The number of carbonyl (C=O) groups is 1.